The second-order valence-electron chi connectivity index (χ2n) is 5.53. The van der Waals surface area contributed by atoms with Crippen LogP contribution in [0.2, 0.25) is 0 Å². The van der Waals surface area contributed by atoms with Crippen molar-refractivity contribution >= 4 is 29.1 Å². The maximum Gasteiger partial charge on any atom is 0.282 e. The monoisotopic (exact) mass is 354 g/mol. The Morgan fingerprint density at radius 1 is 1.08 bits per heavy atom. The van der Waals surface area contributed by atoms with E-state index in [1.165, 1.54) is 24.3 Å². The third-order valence-corrected chi connectivity index (χ3v) is 3.87. The molecule has 1 heterocycles. The van der Waals surface area contributed by atoms with Gasteiger partial charge < -0.3 is 0 Å². The molecule has 9 heteroatoms. The van der Waals surface area contributed by atoms with Crippen molar-refractivity contribution in [3.05, 3.63) is 70.3 Å². The molecule has 1 saturated heterocycles. The number of carbonyl (C=O) groups is 3. The number of hydrazine groups is 1. The van der Waals surface area contributed by atoms with Gasteiger partial charge in [-0.15, -0.1) is 0 Å². The summed E-state index contributed by atoms with van der Waals surface area (Å²) in [6.07, 6.45) is -0.134. The van der Waals surface area contributed by atoms with Crippen molar-refractivity contribution in [1.82, 2.24) is 10.9 Å². The fourth-order valence-corrected chi connectivity index (χ4v) is 2.64. The Balaban J connectivity index is 1.69. The lowest BCUT2D eigenvalue weighted by Crippen LogP contribution is -2.48. The number of nitrogens with one attached hydrogen (secondary N) is 2. The summed E-state index contributed by atoms with van der Waals surface area (Å²) < 4.78 is 0. The fourth-order valence-electron chi connectivity index (χ4n) is 2.64. The van der Waals surface area contributed by atoms with Gasteiger partial charge in [-0.25, -0.2) is 10.3 Å². The summed E-state index contributed by atoms with van der Waals surface area (Å²) in [4.78, 5) is 48.1. The Bertz CT molecular complexity index is 884. The minimum absolute atomic E-state index is 0.134. The second-order valence-corrected chi connectivity index (χ2v) is 5.53. The average Bonchev–Trinajstić information content (AvgIpc) is 2.93. The number of anilines is 1. The van der Waals surface area contributed by atoms with E-state index < -0.39 is 28.7 Å². The third-order valence-electron chi connectivity index (χ3n) is 3.87. The SMILES string of the molecule is O=C(NN[C@H]1CC(=O)N(c2ccccc2)C1=O)c1ccccc1[N+](=O)[O-]. The maximum atomic E-state index is 12.4. The van der Waals surface area contributed by atoms with Crippen LogP contribution in [0.15, 0.2) is 54.6 Å². The Hall–Kier alpha value is -3.59. The summed E-state index contributed by atoms with van der Waals surface area (Å²) in [5.74, 6) is -1.68. The van der Waals surface area contributed by atoms with Gasteiger partial charge in [0.1, 0.15) is 11.6 Å². The zero-order valence-electron chi connectivity index (χ0n) is 13.4. The van der Waals surface area contributed by atoms with Crippen molar-refractivity contribution in [3.8, 4) is 0 Å². The molecule has 0 bridgehead atoms. The number of nitro benzene ring substituents is 1. The molecule has 26 heavy (non-hydrogen) atoms. The Labute approximate surface area is 147 Å². The lowest BCUT2D eigenvalue weighted by Gasteiger charge is -2.15. The van der Waals surface area contributed by atoms with Crippen LogP contribution in [0.1, 0.15) is 16.8 Å². The van der Waals surface area contributed by atoms with E-state index in [-0.39, 0.29) is 17.7 Å². The first kappa shape index (κ1) is 17.2. The van der Waals surface area contributed by atoms with Gasteiger partial charge in [-0.1, -0.05) is 30.3 Å². The predicted octanol–water partition coefficient (Wildman–Crippen LogP) is 1.16. The summed E-state index contributed by atoms with van der Waals surface area (Å²) in [5, 5.41) is 11.0. The quantitative estimate of drug-likeness (QED) is 0.472. The Kier molecular flexibility index (Phi) is 4.72. The summed E-state index contributed by atoms with van der Waals surface area (Å²) in [6, 6.07) is 12.9. The minimum Gasteiger partial charge on any atom is -0.286 e. The molecule has 0 spiro atoms. The van der Waals surface area contributed by atoms with E-state index in [0.717, 1.165) is 4.90 Å². The number of benzene rings is 2. The normalized spacial score (nSPS) is 16.6. The molecular weight excluding hydrogens is 340 g/mol. The van der Waals surface area contributed by atoms with E-state index in [2.05, 4.69) is 10.9 Å². The standard InChI is InChI=1S/C17H14N4O5/c22-15-10-13(17(24)20(15)11-6-2-1-3-7-11)18-19-16(23)12-8-4-5-9-14(12)21(25)26/h1-9,13,18H,10H2,(H,19,23)/t13-/m0/s1. The molecule has 3 amide bonds. The van der Waals surface area contributed by atoms with Crippen molar-refractivity contribution < 1.29 is 19.3 Å². The summed E-state index contributed by atoms with van der Waals surface area (Å²) in [5.41, 5.74) is 4.69. The van der Waals surface area contributed by atoms with Crippen LogP contribution in [-0.2, 0) is 9.59 Å². The second kappa shape index (κ2) is 7.11. The predicted molar refractivity (Wildman–Crippen MR) is 91.0 cm³/mol. The molecule has 0 saturated carbocycles. The molecule has 1 fully saturated rings. The van der Waals surface area contributed by atoms with Gasteiger partial charge in [-0.3, -0.25) is 29.9 Å². The first-order chi connectivity index (χ1) is 12.5. The summed E-state index contributed by atoms with van der Waals surface area (Å²) in [6.45, 7) is 0. The number of nitrogens with zero attached hydrogens (tertiary/aromatic N) is 2. The number of para-hydroxylation sites is 2. The molecule has 1 aliphatic heterocycles. The Morgan fingerprint density at radius 3 is 2.42 bits per heavy atom. The number of nitro groups is 1. The smallest absolute Gasteiger partial charge is 0.282 e. The van der Waals surface area contributed by atoms with Gasteiger partial charge in [-0.2, -0.15) is 0 Å². The topological polar surface area (TPSA) is 122 Å². The van der Waals surface area contributed by atoms with Crippen molar-refractivity contribution in [2.45, 2.75) is 12.5 Å². The van der Waals surface area contributed by atoms with Gasteiger partial charge in [-0.05, 0) is 18.2 Å². The molecule has 9 nitrogen and oxygen atoms in total. The van der Waals surface area contributed by atoms with Gasteiger partial charge in [0.05, 0.1) is 17.0 Å². The van der Waals surface area contributed by atoms with Gasteiger partial charge >= 0.3 is 0 Å². The molecule has 2 aromatic rings. The summed E-state index contributed by atoms with van der Waals surface area (Å²) >= 11 is 0. The van der Waals surface area contributed by atoms with Gasteiger partial charge in [0.15, 0.2) is 0 Å². The van der Waals surface area contributed by atoms with Crippen LogP contribution in [0.25, 0.3) is 0 Å². The van der Waals surface area contributed by atoms with Crippen LogP contribution in [0.4, 0.5) is 11.4 Å². The molecule has 2 N–H and O–H groups in total. The lowest BCUT2D eigenvalue weighted by atomic mass is 10.2. The van der Waals surface area contributed by atoms with Crippen molar-refractivity contribution in [1.29, 1.82) is 0 Å². The maximum absolute atomic E-state index is 12.4. The molecule has 1 aliphatic rings. The lowest BCUT2D eigenvalue weighted by molar-refractivity contribution is -0.385. The Morgan fingerprint density at radius 2 is 1.73 bits per heavy atom. The number of imide groups is 1. The number of carbonyl (C=O) groups excluding carboxylic acids is 3. The summed E-state index contributed by atoms with van der Waals surface area (Å²) in [7, 11) is 0. The first-order valence-corrected chi connectivity index (χ1v) is 7.70. The van der Waals surface area contributed by atoms with E-state index in [0.29, 0.717) is 5.69 Å². The van der Waals surface area contributed by atoms with Gasteiger partial charge in [0.25, 0.3) is 17.5 Å². The van der Waals surface area contributed by atoms with Crippen molar-refractivity contribution in [3.63, 3.8) is 0 Å². The molecule has 0 aromatic heterocycles. The molecular formula is C17H14N4O5. The van der Waals surface area contributed by atoms with Crippen LogP contribution in [0.5, 0.6) is 0 Å². The van der Waals surface area contributed by atoms with E-state index in [1.54, 1.807) is 30.3 Å². The highest BCUT2D eigenvalue weighted by Gasteiger charge is 2.39. The molecule has 132 valence electrons. The zero-order chi connectivity index (χ0) is 18.7. The zero-order valence-corrected chi connectivity index (χ0v) is 13.4. The third kappa shape index (κ3) is 3.28. The highest BCUT2D eigenvalue weighted by molar-refractivity contribution is 6.22. The number of hydrogen-bond donors (Lipinski definition) is 2. The van der Waals surface area contributed by atoms with E-state index in [9.17, 15) is 24.5 Å². The van der Waals surface area contributed by atoms with Crippen LogP contribution < -0.4 is 15.8 Å². The molecule has 3 rings (SSSR count). The van der Waals surface area contributed by atoms with E-state index >= 15 is 0 Å². The highest BCUT2D eigenvalue weighted by Crippen LogP contribution is 2.22. The number of hydrogen-bond acceptors (Lipinski definition) is 6. The minimum atomic E-state index is -0.950. The molecule has 1 atom stereocenters. The van der Waals surface area contributed by atoms with Crippen molar-refractivity contribution in [2.75, 3.05) is 4.90 Å². The van der Waals surface area contributed by atoms with Crippen LogP contribution in [-0.4, -0.2) is 28.7 Å². The number of rotatable bonds is 5. The van der Waals surface area contributed by atoms with Crippen LogP contribution in [0, 0.1) is 10.1 Å². The first-order valence-electron chi connectivity index (χ1n) is 7.70. The van der Waals surface area contributed by atoms with Gasteiger partial charge in [0, 0.05) is 6.07 Å². The van der Waals surface area contributed by atoms with E-state index in [1.807, 2.05) is 0 Å². The molecule has 2 aromatic carbocycles. The number of amides is 3. The molecule has 0 aliphatic carbocycles. The van der Waals surface area contributed by atoms with Crippen LogP contribution in [0.3, 0.4) is 0 Å². The molecule has 0 radical (unpaired) electrons. The highest BCUT2D eigenvalue weighted by atomic mass is 16.6. The van der Waals surface area contributed by atoms with Gasteiger partial charge in [0.2, 0.25) is 5.91 Å². The largest absolute Gasteiger partial charge is 0.286 e. The molecule has 0 unspecified atom stereocenters. The fraction of sp³-hybridized carbons (Fsp3) is 0.118. The van der Waals surface area contributed by atoms with E-state index in [4.69, 9.17) is 0 Å². The van der Waals surface area contributed by atoms with Crippen molar-refractivity contribution in [2.24, 2.45) is 0 Å². The van der Waals surface area contributed by atoms with Crippen LogP contribution >= 0.6 is 0 Å². The average molecular weight is 354 g/mol.